The van der Waals surface area contributed by atoms with Gasteiger partial charge in [-0.1, -0.05) is 27.2 Å². The van der Waals surface area contributed by atoms with Crippen molar-refractivity contribution >= 4 is 5.78 Å². The smallest absolute Gasteiger partial charge is 0.155 e. The fourth-order valence-electron chi connectivity index (χ4n) is 1.96. The van der Waals surface area contributed by atoms with E-state index in [9.17, 15) is 4.79 Å². The molecule has 0 aliphatic rings. The highest BCUT2D eigenvalue weighted by Gasteiger charge is 2.31. The molecule has 0 aromatic heterocycles. The lowest BCUT2D eigenvalue weighted by Gasteiger charge is -2.31. The molecule has 0 amide bonds. The molecule has 3 nitrogen and oxygen atoms in total. The van der Waals surface area contributed by atoms with Gasteiger partial charge in [0, 0.05) is 11.0 Å². The van der Waals surface area contributed by atoms with Gasteiger partial charge >= 0.3 is 0 Å². The van der Waals surface area contributed by atoms with E-state index in [0.29, 0.717) is 5.78 Å². The molecule has 0 radical (unpaired) electrons. The standard InChI is InChI=1S/C15H32N2O/c1-14(2,3)13(18)12(17-15(4,5)6)10-8-9-11-16-7/h12,16-17H,8-11H2,1-7H3. The number of ketones is 1. The fourth-order valence-corrected chi connectivity index (χ4v) is 1.96. The van der Waals surface area contributed by atoms with Crippen LogP contribution in [-0.2, 0) is 4.79 Å². The Hall–Kier alpha value is -0.410. The molecule has 108 valence electrons. The van der Waals surface area contributed by atoms with E-state index in [-0.39, 0.29) is 17.0 Å². The van der Waals surface area contributed by atoms with Crippen LogP contribution in [0.15, 0.2) is 0 Å². The number of hydrogen-bond acceptors (Lipinski definition) is 3. The van der Waals surface area contributed by atoms with E-state index < -0.39 is 0 Å². The lowest BCUT2D eigenvalue weighted by Crippen LogP contribution is -2.50. The minimum Gasteiger partial charge on any atom is -0.320 e. The number of hydrogen-bond donors (Lipinski definition) is 2. The molecule has 0 aliphatic carbocycles. The van der Waals surface area contributed by atoms with Gasteiger partial charge in [-0.2, -0.15) is 0 Å². The zero-order valence-electron chi connectivity index (χ0n) is 13.3. The van der Waals surface area contributed by atoms with Crippen LogP contribution in [0.3, 0.4) is 0 Å². The minimum absolute atomic E-state index is 0.0193. The van der Waals surface area contributed by atoms with Crippen molar-refractivity contribution in [3.05, 3.63) is 0 Å². The van der Waals surface area contributed by atoms with Crippen LogP contribution >= 0.6 is 0 Å². The summed E-state index contributed by atoms with van der Waals surface area (Å²) in [6.45, 7) is 13.4. The molecule has 0 bridgehead atoms. The zero-order chi connectivity index (χ0) is 14.4. The SMILES string of the molecule is CNCCCCC(NC(C)(C)C)C(=O)C(C)(C)C. The average molecular weight is 256 g/mol. The molecule has 0 fully saturated rings. The van der Waals surface area contributed by atoms with Gasteiger partial charge in [0.15, 0.2) is 5.78 Å². The van der Waals surface area contributed by atoms with E-state index in [2.05, 4.69) is 31.4 Å². The zero-order valence-corrected chi connectivity index (χ0v) is 13.3. The molecule has 0 aromatic carbocycles. The maximum atomic E-state index is 12.4. The highest BCUT2D eigenvalue weighted by Crippen LogP contribution is 2.21. The van der Waals surface area contributed by atoms with Crippen molar-refractivity contribution in [3.63, 3.8) is 0 Å². The Balaban J connectivity index is 4.49. The van der Waals surface area contributed by atoms with Gasteiger partial charge in [0.1, 0.15) is 0 Å². The molecule has 0 heterocycles. The summed E-state index contributed by atoms with van der Waals surface area (Å²) in [6.07, 6.45) is 3.13. The van der Waals surface area contributed by atoms with Crippen molar-refractivity contribution in [2.75, 3.05) is 13.6 Å². The quantitative estimate of drug-likeness (QED) is 0.688. The second kappa shape index (κ2) is 7.25. The van der Waals surface area contributed by atoms with Gasteiger partial charge in [-0.25, -0.2) is 0 Å². The summed E-state index contributed by atoms with van der Waals surface area (Å²) in [5, 5.41) is 6.61. The van der Waals surface area contributed by atoms with Crippen LogP contribution in [0.1, 0.15) is 60.8 Å². The molecule has 0 saturated heterocycles. The van der Waals surface area contributed by atoms with E-state index in [0.717, 1.165) is 25.8 Å². The van der Waals surface area contributed by atoms with Crippen molar-refractivity contribution in [1.82, 2.24) is 10.6 Å². The molecule has 0 saturated carbocycles. The van der Waals surface area contributed by atoms with E-state index in [1.54, 1.807) is 0 Å². The Morgan fingerprint density at radius 2 is 1.61 bits per heavy atom. The van der Waals surface area contributed by atoms with Crippen LogP contribution < -0.4 is 10.6 Å². The van der Waals surface area contributed by atoms with Crippen molar-refractivity contribution in [3.8, 4) is 0 Å². The third kappa shape index (κ3) is 7.83. The normalized spacial score (nSPS) is 14.6. The number of unbranched alkanes of at least 4 members (excludes halogenated alkanes) is 1. The molecule has 3 heteroatoms. The maximum Gasteiger partial charge on any atom is 0.155 e. The number of nitrogens with one attached hydrogen (secondary N) is 2. The van der Waals surface area contributed by atoms with Gasteiger partial charge in [-0.05, 0) is 47.2 Å². The Labute approximate surface area is 113 Å². The fraction of sp³-hybridized carbons (Fsp3) is 0.933. The van der Waals surface area contributed by atoms with Gasteiger partial charge in [-0.3, -0.25) is 4.79 Å². The third-order valence-electron chi connectivity index (χ3n) is 2.83. The van der Waals surface area contributed by atoms with Crippen molar-refractivity contribution < 1.29 is 4.79 Å². The second-order valence-electron chi connectivity index (χ2n) is 7.16. The topological polar surface area (TPSA) is 41.1 Å². The van der Waals surface area contributed by atoms with Gasteiger partial charge in [0.2, 0.25) is 0 Å². The highest BCUT2D eigenvalue weighted by atomic mass is 16.1. The van der Waals surface area contributed by atoms with Crippen LogP contribution in [-0.4, -0.2) is 31.0 Å². The molecule has 1 atom stereocenters. The van der Waals surface area contributed by atoms with E-state index in [1.165, 1.54) is 0 Å². The molecule has 18 heavy (non-hydrogen) atoms. The molecule has 0 spiro atoms. The van der Waals surface area contributed by atoms with Crippen LogP contribution in [0.25, 0.3) is 0 Å². The van der Waals surface area contributed by atoms with Gasteiger partial charge in [0.05, 0.1) is 6.04 Å². The summed E-state index contributed by atoms with van der Waals surface area (Å²) >= 11 is 0. The summed E-state index contributed by atoms with van der Waals surface area (Å²) in [6, 6.07) is -0.0261. The first-order chi connectivity index (χ1) is 8.08. The summed E-state index contributed by atoms with van der Waals surface area (Å²) < 4.78 is 0. The van der Waals surface area contributed by atoms with Gasteiger partial charge in [-0.15, -0.1) is 0 Å². The first-order valence-corrected chi connectivity index (χ1v) is 7.04. The Bertz CT molecular complexity index is 248. The molecule has 2 N–H and O–H groups in total. The Morgan fingerprint density at radius 1 is 1.06 bits per heavy atom. The minimum atomic E-state index is -0.272. The number of Topliss-reactive ketones (excluding diaryl/α,β-unsaturated/α-hetero) is 1. The first-order valence-electron chi connectivity index (χ1n) is 7.04. The molecular weight excluding hydrogens is 224 g/mol. The highest BCUT2D eigenvalue weighted by molar-refractivity contribution is 5.88. The van der Waals surface area contributed by atoms with E-state index in [1.807, 2.05) is 27.8 Å². The van der Waals surface area contributed by atoms with Crippen molar-refractivity contribution in [2.24, 2.45) is 5.41 Å². The number of carbonyl (C=O) groups is 1. The molecule has 0 aliphatic heterocycles. The largest absolute Gasteiger partial charge is 0.320 e. The van der Waals surface area contributed by atoms with E-state index >= 15 is 0 Å². The van der Waals surface area contributed by atoms with Gasteiger partial charge < -0.3 is 10.6 Å². The van der Waals surface area contributed by atoms with Crippen molar-refractivity contribution in [2.45, 2.75) is 72.4 Å². The number of rotatable bonds is 7. The average Bonchev–Trinajstić information content (AvgIpc) is 2.18. The molecule has 0 rings (SSSR count). The lowest BCUT2D eigenvalue weighted by molar-refractivity contribution is -0.129. The van der Waals surface area contributed by atoms with Crippen LogP contribution in [0, 0.1) is 5.41 Å². The Morgan fingerprint density at radius 3 is 2.00 bits per heavy atom. The monoisotopic (exact) mass is 256 g/mol. The summed E-state index contributed by atoms with van der Waals surface area (Å²) in [7, 11) is 1.96. The molecule has 1 unspecified atom stereocenters. The second-order valence-corrected chi connectivity index (χ2v) is 7.16. The van der Waals surface area contributed by atoms with Crippen molar-refractivity contribution in [1.29, 1.82) is 0 Å². The lowest BCUT2D eigenvalue weighted by atomic mass is 9.84. The van der Waals surface area contributed by atoms with Crippen LogP contribution in [0.2, 0.25) is 0 Å². The third-order valence-corrected chi connectivity index (χ3v) is 2.83. The van der Waals surface area contributed by atoms with Crippen LogP contribution in [0.5, 0.6) is 0 Å². The predicted octanol–water partition coefficient (Wildman–Crippen LogP) is 2.75. The number of carbonyl (C=O) groups excluding carboxylic acids is 1. The summed E-state index contributed by atoms with van der Waals surface area (Å²) in [5.41, 5.74) is -0.291. The summed E-state index contributed by atoms with van der Waals surface area (Å²) in [5.74, 6) is 0.321. The van der Waals surface area contributed by atoms with E-state index in [4.69, 9.17) is 0 Å². The predicted molar refractivity (Wildman–Crippen MR) is 78.9 cm³/mol. The van der Waals surface area contributed by atoms with Crippen LogP contribution in [0.4, 0.5) is 0 Å². The molecule has 0 aromatic rings. The first kappa shape index (κ1) is 17.6. The maximum absolute atomic E-state index is 12.4. The Kier molecular flexibility index (Phi) is 7.08. The van der Waals surface area contributed by atoms with Gasteiger partial charge in [0.25, 0.3) is 0 Å². The molecular formula is C15H32N2O. The summed E-state index contributed by atoms with van der Waals surface area (Å²) in [4.78, 5) is 12.4.